The maximum atomic E-state index is 13.0. The van der Waals surface area contributed by atoms with Gasteiger partial charge in [-0.1, -0.05) is 92.9 Å². The van der Waals surface area contributed by atoms with Gasteiger partial charge in [-0.2, -0.15) is 0 Å². The van der Waals surface area contributed by atoms with E-state index in [1.54, 1.807) is 0 Å². The van der Waals surface area contributed by atoms with Gasteiger partial charge in [0.2, 0.25) is 16.7 Å². The van der Waals surface area contributed by atoms with Crippen LogP contribution in [0.2, 0.25) is 0 Å². The predicted octanol–water partition coefficient (Wildman–Crippen LogP) is 14.5. The molecule has 7 N–H and O–H groups in total. The Morgan fingerprint density at radius 2 is 1.01 bits per heavy atom. The second kappa shape index (κ2) is 27.2. The fraction of sp³-hybridized carbons (Fsp3) is 0.261. The van der Waals surface area contributed by atoms with Gasteiger partial charge >= 0.3 is 0 Å². The first-order chi connectivity index (χ1) is 39.5. The molecule has 0 saturated heterocycles. The molecule has 0 spiro atoms. The summed E-state index contributed by atoms with van der Waals surface area (Å²) in [6.07, 6.45) is 12.2. The number of nitrogens with one attached hydrogen (secondary N) is 7. The van der Waals surface area contributed by atoms with Crippen molar-refractivity contribution in [3.8, 4) is 16.8 Å². The largest absolute Gasteiger partial charge is 0.388 e. The van der Waals surface area contributed by atoms with Crippen molar-refractivity contribution in [3.05, 3.63) is 209 Å². The zero-order chi connectivity index (χ0) is 56.7. The van der Waals surface area contributed by atoms with Gasteiger partial charge in [-0.15, -0.1) is 4.57 Å². The molecule has 9 rings (SSSR count). The summed E-state index contributed by atoms with van der Waals surface area (Å²) >= 11 is 0. The summed E-state index contributed by atoms with van der Waals surface area (Å²) in [5, 5.41) is 23.7. The van der Waals surface area contributed by atoms with Crippen LogP contribution in [0.5, 0.6) is 0 Å². The van der Waals surface area contributed by atoms with Crippen LogP contribution in [-0.4, -0.2) is 62.8 Å². The highest BCUT2D eigenvalue weighted by Crippen LogP contribution is 2.35. The van der Waals surface area contributed by atoms with Gasteiger partial charge in [-0.05, 0) is 165 Å². The van der Waals surface area contributed by atoms with Gasteiger partial charge in [-0.25, -0.2) is 9.98 Å². The van der Waals surface area contributed by atoms with Crippen molar-refractivity contribution in [3.63, 3.8) is 0 Å². The van der Waals surface area contributed by atoms with E-state index in [-0.39, 0.29) is 11.8 Å². The lowest BCUT2D eigenvalue weighted by Crippen LogP contribution is -2.33. The molecule has 8 aromatic rings. The fourth-order valence-corrected chi connectivity index (χ4v) is 10.4. The topological polar surface area (TPSA) is 147 Å². The van der Waals surface area contributed by atoms with Crippen LogP contribution in [0.15, 0.2) is 186 Å². The summed E-state index contributed by atoms with van der Waals surface area (Å²) in [5.41, 5.74) is 21.7. The summed E-state index contributed by atoms with van der Waals surface area (Å²) in [6.45, 7) is 15.8. The van der Waals surface area contributed by atoms with E-state index < -0.39 is 0 Å². The van der Waals surface area contributed by atoms with E-state index in [1.807, 2.05) is 99.0 Å². The van der Waals surface area contributed by atoms with E-state index in [0.717, 1.165) is 177 Å². The van der Waals surface area contributed by atoms with Crippen LogP contribution >= 0.6 is 0 Å². The number of anilines is 5. The van der Waals surface area contributed by atoms with Crippen molar-refractivity contribution in [1.29, 1.82) is 0 Å². The van der Waals surface area contributed by atoms with Crippen LogP contribution in [0.1, 0.15) is 95.7 Å². The number of aromatic nitrogens is 2. The Balaban J connectivity index is 0.648. The number of aryl methyl sites for hydroxylation is 3. The van der Waals surface area contributed by atoms with E-state index in [0.29, 0.717) is 24.2 Å². The first-order valence-electron chi connectivity index (χ1n) is 28.6. The molecule has 0 saturated carbocycles. The smallest absolute Gasteiger partial charge is 0.251 e. The standard InChI is InChI=1S/C69H76N10O2/c1-46-40-62(63(43-57(46)70-6)76-55-22-14-12-15-23-55)77-61-39-48(3)59(38-50(61)5)72-34-18-8-10-20-36-74-68(80)53-30-26-51(27-31-53)52-28-32-54(33-29-52)69(81)75-37-21-11-9-19-35-73-60-45-67-65(42-49(60)4)78-64-41-47(2)58(71-7)44-66(64)79(67)56-24-16-13-17-25-56/h12-17,22-33,38-45,70,72,76H,5,8-11,18-21,34-37H2,1-4,6-7H3,(H3,71,73,74,75,80,81)/p+1. The van der Waals surface area contributed by atoms with E-state index >= 15 is 0 Å². The summed E-state index contributed by atoms with van der Waals surface area (Å²) in [4.78, 5) is 36.2. The number of allylic oxidation sites excluding steroid dienone is 4. The van der Waals surface area contributed by atoms with Crippen LogP contribution in [0, 0.1) is 20.8 Å². The maximum Gasteiger partial charge on any atom is 0.251 e. The Morgan fingerprint density at radius 3 is 1.58 bits per heavy atom. The molecule has 0 aliphatic heterocycles. The average Bonchev–Trinajstić information content (AvgIpc) is 3.63. The molecule has 414 valence electrons. The quantitative estimate of drug-likeness (QED) is 0.0170. The fourth-order valence-electron chi connectivity index (χ4n) is 10.4. The van der Waals surface area contributed by atoms with Crippen molar-refractivity contribution in [2.75, 3.05) is 61.5 Å². The summed E-state index contributed by atoms with van der Waals surface area (Å²) in [6, 6.07) is 48.9. The normalized spacial score (nSPS) is 12.7. The zero-order valence-electron chi connectivity index (χ0n) is 47.9. The lowest BCUT2D eigenvalue weighted by Gasteiger charge is -2.19. The lowest BCUT2D eigenvalue weighted by atomic mass is 9.98. The van der Waals surface area contributed by atoms with Crippen LogP contribution in [-0.2, 0) is 0 Å². The minimum atomic E-state index is -0.0748. The number of hydrogen-bond acceptors (Lipinski definition) is 9. The Morgan fingerprint density at radius 1 is 0.519 bits per heavy atom. The van der Waals surface area contributed by atoms with E-state index in [1.165, 1.54) is 0 Å². The number of nitrogens with zero attached hydrogens (tertiary/aromatic N) is 3. The third kappa shape index (κ3) is 14.4. The number of fused-ring (bicyclic) bond motifs is 2. The zero-order valence-corrected chi connectivity index (χ0v) is 47.9. The van der Waals surface area contributed by atoms with Crippen molar-refractivity contribution in [2.24, 2.45) is 4.99 Å². The average molecular weight is 1080 g/mol. The molecule has 0 radical (unpaired) electrons. The van der Waals surface area contributed by atoms with Crippen molar-refractivity contribution >= 4 is 73.7 Å². The second-order valence-corrected chi connectivity index (χ2v) is 21.0. The van der Waals surface area contributed by atoms with Gasteiger partial charge in [0.15, 0.2) is 0 Å². The van der Waals surface area contributed by atoms with Crippen molar-refractivity contribution in [1.82, 2.24) is 20.9 Å². The number of para-hydroxylation sites is 2. The SMILES string of the molecule is C=C1C=C(NCCCCCCNC(=O)c2ccc(-c3ccc(C(=O)NCCCCCCNc4cc5c(cc4C)nc4cc(C)c(NC)cc4[n+]5-c4ccccc4)cc3)cc2)C(C)=CC1=Nc1cc(C)c(NC)cc1Nc1ccccc1. The summed E-state index contributed by atoms with van der Waals surface area (Å²) < 4.78 is 2.31. The van der Waals surface area contributed by atoms with Crippen LogP contribution in [0.25, 0.3) is 38.9 Å². The Labute approximate surface area is 478 Å². The minimum absolute atomic E-state index is 0.0718. The number of unbranched alkanes of at least 4 members (excludes halogenated alkanes) is 6. The van der Waals surface area contributed by atoms with Gasteiger partial charge in [0.25, 0.3) is 11.8 Å². The highest BCUT2D eigenvalue weighted by atomic mass is 16.2. The van der Waals surface area contributed by atoms with Gasteiger partial charge in [0.05, 0.1) is 17.1 Å². The third-order valence-corrected chi connectivity index (χ3v) is 15.0. The Kier molecular flexibility index (Phi) is 19.1. The molecule has 0 unspecified atom stereocenters. The lowest BCUT2D eigenvalue weighted by molar-refractivity contribution is -0.538. The van der Waals surface area contributed by atoms with Gasteiger partial charge in [0, 0.05) is 104 Å². The van der Waals surface area contributed by atoms with Gasteiger partial charge < -0.3 is 37.2 Å². The molecule has 1 aromatic heterocycles. The van der Waals surface area contributed by atoms with Crippen LogP contribution in [0.3, 0.4) is 0 Å². The number of carbonyl (C=O) groups excluding carboxylic acids is 2. The van der Waals surface area contributed by atoms with Crippen molar-refractivity contribution < 1.29 is 14.2 Å². The number of aliphatic imine (C=N–C) groups is 1. The molecular weight excluding hydrogens is 1000 g/mol. The molecule has 1 heterocycles. The van der Waals surface area contributed by atoms with Crippen LogP contribution in [0.4, 0.5) is 34.1 Å². The van der Waals surface area contributed by atoms with E-state index in [9.17, 15) is 9.59 Å². The highest BCUT2D eigenvalue weighted by Gasteiger charge is 2.23. The minimum Gasteiger partial charge on any atom is -0.388 e. The molecule has 1 aliphatic carbocycles. The van der Waals surface area contributed by atoms with Gasteiger partial charge in [-0.3, -0.25) is 9.59 Å². The summed E-state index contributed by atoms with van der Waals surface area (Å²) in [5.74, 6) is -0.147. The number of amides is 2. The Hall–Kier alpha value is -9.03. The number of carbonyl (C=O) groups is 2. The molecule has 0 atom stereocenters. The molecule has 0 bridgehead atoms. The monoisotopic (exact) mass is 1080 g/mol. The second-order valence-electron chi connectivity index (χ2n) is 21.0. The number of benzene rings is 7. The molecular formula is C69H77N10O2+. The van der Waals surface area contributed by atoms with Gasteiger partial charge in [0.1, 0.15) is 11.0 Å². The predicted molar refractivity (Wildman–Crippen MR) is 338 cm³/mol. The van der Waals surface area contributed by atoms with Crippen molar-refractivity contribution in [2.45, 2.75) is 79.1 Å². The molecule has 0 fully saturated rings. The molecule has 81 heavy (non-hydrogen) atoms. The first kappa shape index (κ1) is 56.7. The maximum absolute atomic E-state index is 13.0. The van der Waals surface area contributed by atoms with Crippen LogP contribution < -0.4 is 41.8 Å². The van der Waals surface area contributed by atoms with E-state index in [2.05, 4.69) is 149 Å². The molecule has 12 nitrogen and oxygen atoms in total. The number of hydrogen-bond donors (Lipinski definition) is 7. The molecule has 12 heteroatoms. The molecule has 2 amide bonds. The molecule has 7 aromatic carbocycles. The first-order valence-corrected chi connectivity index (χ1v) is 28.6. The number of rotatable bonds is 25. The van der Waals surface area contributed by atoms with E-state index in [4.69, 9.17) is 9.98 Å². The summed E-state index contributed by atoms with van der Waals surface area (Å²) in [7, 11) is 3.89. The third-order valence-electron chi connectivity index (χ3n) is 15.0. The molecule has 1 aliphatic rings. The highest BCUT2D eigenvalue weighted by molar-refractivity contribution is 6.13. The Bertz CT molecular complexity index is 3630.